The highest BCUT2D eigenvalue weighted by Crippen LogP contribution is 2.22. The van der Waals surface area contributed by atoms with Crippen LogP contribution in [0.4, 0.5) is 8.78 Å². The zero-order valence-electron chi connectivity index (χ0n) is 8.83. The maximum atomic E-state index is 13.7. The lowest BCUT2D eigenvalue weighted by Crippen LogP contribution is -2.22. The van der Waals surface area contributed by atoms with E-state index < -0.39 is 17.2 Å². The highest BCUT2D eigenvalue weighted by molar-refractivity contribution is 9.10. The molecule has 7 heteroatoms. The quantitative estimate of drug-likeness (QED) is 0.791. The molecule has 1 aromatic heterocycles. The van der Waals surface area contributed by atoms with Gasteiger partial charge >= 0.3 is 0 Å². The fourth-order valence-electron chi connectivity index (χ4n) is 1.43. The molecule has 2 rings (SSSR count). The third-order valence-corrected chi connectivity index (χ3v) is 3.21. The van der Waals surface area contributed by atoms with E-state index in [9.17, 15) is 13.6 Å². The molecule has 0 atom stereocenters. The minimum atomic E-state index is -0.741. The normalized spacial score (nSPS) is 10.7. The first kappa shape index (κ1) is 13.2. The number of halogens is 4. The summed E-state index contributed by atoms with van der Waals surface area (Å²) >= 11 is 8.51. The molecule has 0 bridgehead atoms. The molecule has 0 aliphatic rings. The van der Waals surface area contributed by atoms with Gasteiger partial charge in [-0.25, -0.2) is 13.8 Å². The summed E-state index contributed by atoms with van der Waals surface area (Å²) < 4.78 is 28.5. The lowest BCUT2D eigenvalue weighted by Gasteiger charge is -2.08. The molecule has 0 radical (unpaired) electrons. The molecule has 0 saturated carbocycles. The maximum Gasteiger partial charge on any atom is 0.288 e. The van der Waals surface area contributed by atoms with Gasteiger partial charge in [0.25, 0.3) is 5.56 Å². The van der Waals surface area contributed by atoms with E-state index in [1.54, 1.807) is 0 Å². The van der Waals surface area contributed by atoms with E-state index in [1.807, 2.05) is 0 Å². The predicted molar refractivity (Wildman–Crippen MR) is 66.7 cm³/mol. The predicted octanol–water partition coefficient (Wildman–Crippen LogP) is 2.99. The van der Waals surface area contributed by atoms with Gasteiger partial charge in [-0.15, -0.1) is 0 Å². The van der Waals surface area contributed by atoms with Gasteiger partial charge < -0.3 is 4.57 Å². The minimum absolute atomic E-state index is 0.132. The van der Waals surface area contributed by atoms with Crippen LogP contribution in [-0.4, -0.2) is 9.55 Å². The van der Waals surface area contributed by atoms with Crippen molar-refractivity contribution in [3.05, 3.63) is 61.7 Å². The van der Waals surface area contributed by atoms with Gasteiger partial charge in [-0.2, -0.15) is 0 Å². The van der Waals surface area contributed by atoms with Gasteiger partial charge in [0.1, 0.15) is 11.6 Å². The van der Waals surface area contributed by atoms with Crippen LogP contribution >= 0.6 is 27.5 Å². The Hall–Kier alpha value is -1.27. The van der Waals surface area contributed by atoms with E-state index in [0.29, 0.717) is 0 Å². The van der Waals surface area contributed by atoms with E-state index in [0.717, 1.165) is 10.6 Å². The van der Waals surface area contributed by atoms with Crippen molar-refractivity contribution in [3.8, 4) is 0 Å². The van der Waals surface area contributed by atoms with Crippen molar-refractivity contribution in [2.45, 2.75) is 6.54 Å². The van der Waals surface area contributed by atoms with Gasteiger partial charge in [0.2, 0.25) is 0 Å². The van der Waals surface area contributed by atoms with Crippen LogP contribution in [0.5, 0.6) is 0 Å². The molecular weight excluding hydrogens is 329 g/mol. The van der Waals surface area contributed by atoms with Crippen molar-refractivity contribution in [3.63, 3.8) is 0 Å². The first-order valence-corrected chi connectivity index (χ1v) is 6.01. The molecule has 0 fully saturated rings. The summed E-state index contributed by atoms with van der Waals surface area (Å²) in [6, 6.07) is 2.38. The molecule has 18 heavy (non-hydrogen) atoms. The largest absolute Gasteiger partial charge is 0.307 e. The first-order valence-electron chi connectivity index (χ1n) is 4.84. The minimum Gasteiger partial charge on any atom is -0.307 e. The Balaban J connectivity index is 2.50. The van der Waals surface area contributed by atoms with Gasteiger partial charge in [-0.1, -0.05) is 11.6 Å². The Labute approximate surface area is 114 Å². The summed E-state index contributed by atoms with van der Waals surface area (Å²) in [5.41, 5.74) is -0.813. The molecular formula is C11H6BrClF2N2O. The summed E-state index contributed by atoms with van der Waals surface area (Å²) in [5, 5.41) is -0.242. The van der Waals surface area contributed by atoms with Crippen LogP contribution in [-0.2, 0) is 6.54 Å². The van der Waals surface area contributed by atoms with E-state index >= 15 is 0 Å². The summed E-state index contributed by atoms with van der Waals surface area (Å²) in [7, 11) is 0. The Morgan fingerprint density at radius 3 is 2.83 bits per heavy atom. The average molecular weight is 336 g/mol. The van der Waals surface area contributed by atoms with E-state index in [2.05, 4.69) is 20.9 Å². The van der Waals surface area contributed by atoms with Crippen LogP contribution in [0, 0.1) is 11.6 Å². The molecule has 0 aliphatic carbocycles. The van der Waals surface area contributed by atoms with Gasteiger partial charge in [0, 0.05) is 18.0 Å². The van der Waals surface area contributed by atoms with E-state index in [1.165, 1.54) is 18.5 Å². The Morgan fingerprint density at radius 2 is 2.11 bits per heavy atom. The smallest absolute Gasteiger partial charge is 0.288 e. The van der Waals surface area contributed by atoms with Crippen LogP contribution < -0.4 is 5.56 Å². The Morgan fingerprint density at radius 1 is 1.39 bits per heavy atom. The molecule has 94 valence electrons. The van der Waals surface area contributed by atoms with Crippen LogP contribution in [0.25, 0.3) is 0 Å². The number of benzene rings is 1. The Bertz CT molecular complexity index is 660. The molecule has 2 aromatic rings. The van der Waals surface area contributed by atoms with E-state index in [4.69, 9.17) is 11.6 Å². The van der Waals surface area contributed by atoms with Crippen LogP contribution in [0.2, 0.25) is 5.15 Å². The van der Waals surface area contributed by atoms with Crippen molar-refractivity contribution >= 4 is 27.5 Å². The summed E-state index contributed by atoms with van der Waals surface area (Å²) in [6.07, 6.45) is 2.60. The molecule has 3 nitrogen and oxygen atoms in total. The monoisotopic (exact) mass is 334 g/mol. The van der Waals surface area contributed by atoms with Crippen molar-refractivity contribution in [1.29, 1.82) is 0 Å². The second-order valence-corrected chi connectivity index (χ2v) is 4.69. The molecule has 0 spiro atoms. The van der Waals surface area contributed by atoms with Gasteiger partial charge in [-0.05, 0) is 28.1 Å². The second-order valence-electron chi connectivity index (χ2n) is 3.47. The van der Waals surface area contributed by atoms with Crippen molar-refractivity contribution < 1.29 is 8.78 Å². The Kier molecular flexibility index (Phi) is 3.77. The van der Waals surface area contributed by atoms with Crippen molar-refractivity contribution in [2.75, 3.05) is 0 Å². The lowest BCUT2D eigenvalue weighted by molar-refractivity contribution is 0.537. The van der Waals surface area contributed by atoms with Gasteiger partial charge in [-0.3, -0.25) is 4.79 Å². The number of hydrogen-bond acceptors (Lipinski definition) is 2. The van der Waals surface area contributed by atoms with Crippen LogP contribution in [0.15, 0.2) is 33.8 Å². The SMILES string of the molecule is O=c1c(Cl)nccn1Cc1c(F)ccc(Br)c1F. The number of aromatic nitrogens is 2. The molecule has 1 aromatic carbocycles. The highest BCUT2D eigenvalue weighted by Gasteiger charge is 2.14. The summed E-state index contributed by atoms with van der Waals surface area (Å²) in [6.45, 7) is -0.252. The third kappa shape index (κ3) is 2.44. The van der Waals surface area contributed by atoms with Crippen LogP contribution in [0.3, 0.4) is 0 Å². The summed E-state index contributed by atoms with van der Waals surface area (Å²) in [4.78, 5) is 15.2. The number of rotatable bonds is 2. The molecule has 1 heterocycles. The molecule has 0 unspecified atom stereocenters. The maximum absolute atomic E-state index is 13.7. The standard InChI is InChI=1S/C11H6BrClF2N2O/c12-7-1-2-8(14)6(9(7)15)5-17-4-3-16-10(13)11(17)18/h1-4H,5H2. The zero-order valence-corrected chi connectivity index (χ0v) is 11.2. The first-order chi connectivity index (χ1) is 8.50. The average Bonchev–Trinajstić information content (AvgIpc) is 2.35. The second kappa shape index (κ2) is 5.16. The third-order valence-electron chi connectivity index (χ3n) is 2.34. The van der Waals surface area contributed by atoms with Crippen molar-refractivity contribution in [2.24, 2.45) is 0 Å². The van der Waals surface area contributed by atoms with Crippen molar-refractivity contribution in [1.82, 2.24) is 9.55 Å². The molecule has 0 amide bonds. The van der Waals surface area contributed by atoms with Crippen LogP contribution in [0.1, 0.15) is 5.56 Å². The highest BCUT2D eigenvalue weighted by atomic mass is 79.9. The molecule has 0 saturated heterocycles. The van der Waals surface area contributed by atoms with E-state index in [-0.39, 0.29) is 21.7 Å². The van der Waals surface area contributed by atoms with Gasteiger partial charge in [0.05, 0.1) is 11.0 Å². The summed E-state index contributed by atoms with van der Waals surface area (Å²) in [5.74, 6) is -1.47. The number of nitrogens with zero attached hydrogens (tertiary/aromatic N) is 2. The topological polar surface area (TPSA) is 34.9 Å². The lowest BCUT2D eigenvalue weighted by atomic mass is 10.2. The molecule has 0 aliphatic heterocycles. The molecule has 0 N–H and O–H groups in total. The fraction of sp³-hybridized carbons (Fsp3) is 0.0909. The van der Waals surface area contributed by atoms with Gasteiger partial charge in [0.15, 0.2) is 5.15 Å². The number of hydrogen-bond donors (Lipinski definition) is 0. The zero-order chi connectivity index (χ0) is 13.3. The fourth-order valence-corrected chi connectivity index (χ4v) is 1.97.